The van der Waals surface area contributed by atoms with Crippen molar-refractivity contribution in [3.05, 3.63) is 70.2 Å². The minimum absolute atomic E-state index is 0.0397. The van der Waals surface area contributed by atoms with E-state index in [1.807, 2.05) is 0 Å². The van der Waals surface area contributed by atoms with Crippen LogP contribution in [-0.2, 0) is 14.3 Å². The lowest BCUT2D eigenvalue weighted by Gasteiger charge is -2.14. The van der Waals surface area contributed by atoms with Crippen LogP contribution in [0.5, 0.6) is 0 Å². The monoisotopic (exact) mass is 375 g/mol. The topological polar surface area (TPSA) is 81.7 Å². The smallest absolute Gasteiger partial charge is 0.339 e. The van der Waals surface area contributed by atoms with E-state index in [1.165, 1.54) is 19.2 Å². The lowest BCUT2D eigenvalue weighted by molar-refractivity contribution is -0.124. The second kappa shape index (κ2) is 9.01. The van der Waals surface area contributed by atoms with E-state index in [-0.39, 0.29) is 17.2 Å². The van der Waals surface area contributed by atoms with Gasteiger partial charge in [0.1, 0.15) is 0 Å². The van der Waals surface area contributed by atoms with Crippen molar-refractivity contribution in [3.63, 3.8) is 0 Å². The minimum Gasteiger partial charge on any atom is -0.465 e. The summed E-state index contributed by atoms with van der Waals surface area (Å²) in [6.45, 7) is 1.34. The predicted molar refractivity (Wildman–Crippen MR) is 96.1 cm³/mol. The molecule has 0 fully saturated rings. The maximum atomic E-state index is 12.2. The number of hydrogen-bond acceptors (Lipinski definition) is 5. The standard InChI is InChI=1S/C19H18ClNO5/c1-12(13-7-9-14(20)10-8-13)21-17(22)11-26-19(24)16-6-4-3-5-15(16)18(23)25-2/h3-10,12H,11H2,1-2H3,(H,21,22). The molecule has 0 aliphatic heterocycles. The van der Waals surface area contributed by atoms with E-state index < -0.39 is 24.5 Å². The molecule has 26 heavy (non-hydrogen) atoms. The average molecular weight is 376 g/mol. The number of methoxy groups -OCH3 is 1. The highest BCUT2D eigenvalue weighted by molar-refractivity contribution is 6.30. The number of ether oxygens (including phenoxy) is 2. The molecule has 1 atom stereocenters. The van der Waals surface area contributed by atoms with Crippen molar-refractivity contribution >= 4 is 29.4 Å². The zero-order valence-electron chi connectivity index (χ0n) is 14.3. The molecule has 0 bridgehead atoms. The first-order valence-corrected chi connectivity index (χ1v) is 8.19. The number of carbonyl (C=O) groups excluding carboxylic acids is 3. The number of esters is 2. The SMILES string of the molecule is COC(=O)c1ccccc1C(=O)OCC(=O)NC(C)c1ccc(Cl)cc1. The van der Waals surface area contributed by atoms with Crippen LogP contribution in [0.25, 0.3) is 0 Å². The quantitative estimate of drug-likeness (QED) is 0.784. The van der Waals surface area contributed by atoms with E-state index in [0.717, 1.165) is 5.56 Å². The Hall–Kier alpha value is -2.86. The van der Waals surface area contributed by atoms with Crippen LogP contribution in [-0.4, -0.2) is 31.6 Å². The largest absolute Gasteiger partial charge is 0.465 e. The van der Waals surface area contributed by atoms with Gasteiger partial charge in [0.25, 0.3) is 5.91 Å². The molecule has 0 aliphatic carbocycles. The van der Waals surface area contributed by atoms with Crippen LogP contribution in [0.2, 0.25) is 5.02 Å². The van der Waals surface area contributed by atoms with Crippen molar-refractivity contribution in [1.29, 1.82) is 0 Å². The molecular formula is C19H18ClNO5. The summed E-state index contributed by atoms with van der Waals surface area (Å²) >= 11 is 5.83. The third-order valence-corrected chi connectivity index (χ3v) is 3.89. The Morgan fingerprint density at radius 1 is 1.00 bits per heavy atom. The molecule has 2 aromatic carbocycles. The number of carbonyl (C=O) groups is 3. The van der Waals surface area contributed by atoms with Crippen molar-refractivity contribution in [2.24, 2.45) is 0 Å². The Morgan fingerprint density at radius 2 is 1.58 bits per heavy atom. The van der Waals surface area contributed by atoms with Crippen LogP contribution in [0.15, 0.2) is 48.5 Å². The molecule has 1 N–H and O–H groups in total. The number of amides is 1. The van der Waals surface area contributed by atoms with Crippen LogP contribution in [0, 0.1) is 0 Å². The third kappa shape index (κ3) is 5.07. The summed E-state index contributed by atoms with van der Waals surface area (Å²) in [5.74, 6) is -1.89. The van der Waals surface area contributed by atoms with Gasteiger partial charge in [0.15, 0.2) is 6.61 Å². The fourth-order valence-corrected chi connectivity index (χ4v) is 2.40. The Morgan fingerprint density at radius 3 is 2.15 bits per heavy atom. The molecule has 6 nitrogen and oxygen atoms in total. The number of nitrogens with one attached hydrogen (secondary N) is 1. The van der Waals surface area contributed by atoms with Crippen molar-refractivity contribution in [2.45, 2.75) is 13.0 Å². The molecule has 2 rings (SSSR count). The van der Waals surface area contributed by atoms with Gasteiger partial charge >= 0.3 is 11.9 Å². The predicted octanol–water partition coefficient (Wildman–Crippen LogP) is 3.16. The average Bonchev–Trinajstić information content (AvgIpc) is 2.65. The van der Waals surface area contributed by atoms with Crippen LogP contribution < -0.4 is 5.32 Å². The molecule has 0 spiro atoms. The van der Waals surface area contributed by atoms with E-state index in [9.17, 15) is 14.4 Å². The van der Waals surface area contributed by atoms with Gasteiger partial charge < -0.3 is 14.8 Å². The molecule has 0 aliphatic rings. The first kappa shape index (κ1) is 19.5. The van der Waals surface area contributed by atoms with Crippen LogP contribution in [0.1, 0.15) is 39.2 Å². The maximum absolute atomic E-state index is 12.2. The summed E-state index contributed by atoms with van der Waals surface area (Å²) in [6, 6.07) is 12.8. The molecule has 136 valence electrons. The summed E-state index contributed by atoms with van der Waals surface area (Å²) in [5, 5.41) is 3.32. The summed E-state index contributed by atoms with van der Waals surface area (Å²) in [4.78, 5) is 35.8. The van der Waals surface area contributed by atoms with Gasteiger partial charge in [0, 0.05) is 5.02 Å². The lowest BCUT2D eigenvalue weighted by atomic mass is 10.1. The Balaban J connectivity index is 1.94. The van der Waals surface area contributed by atoms with E-state index >= 15 is 0 Å². The molecule has 1 amide bonds. The first-order valence-electron chi connectivity index (χ1n) is 7.81. The Bertz CT molecular complexity index is 804. The third-order valence-electron chi connectivity index (χ3n) is 3.63. The summed E-state index contributed by atoms with van der Waals surface area (Å²) in [7, 11) is 1.22. The molecule has 0 saturated heterocycles. The highest BCUT2D eigenvalue weighted by Crippen LogP contribution is 2.16. The number of benzene rings is 2. The van der Waals surface area contributed by atoms with Gasteiger partial charge in [-0.3, -0.25) is 4.79 Å². The van der Waals surface area contributed by atoms with E-state index in [1.54, 1.807) is 43.3 Å². The second-order valence-electron chi connectivity index (χ2n) is 5.45. The zero-order valence-corrected chi connectivity index (χ0v) is 15.1. The molecule has 0 saturated carbocycles. The number of rotatable bonds is 6. The molecule has 0 heterocycles. The molecule has 0 radical (unpaired) electrons. The van der Waals surface area contributed by atoms with Gasteiger partial charge in [0.2, 0.25) is 0 Å². The molecule has 1 unspecified atom stereocenters. The molecular weight excluding hydrogens is 358 g/mol. The second-order valence-corrected chi connectivity index (χ2v) is 5.89. The molecule has 0 aromatic heterocycles. The highest BCUT2D eigenvalue weighted by Gasteiger charge is 2.19. The van der Waals surface area contributed by atoms with Gasteiger partial charge in [0.05, 0.1) is 24.3 Å². The van der Waals surface area contributed by atoms with Crippen molar-refractivity contribution in [2.75, 3.05) is 13.7 Å². The first-order chi connectivity index (χ1) is 12.4. The zero-order chi connectivity index (χ0) is 19.1. The van der Waals surface area contributed by atoms with Gasteiger partial charge in [-0.25, -0.2) is 9.59 Å². The normalized spacial score (nSPS) is 11.3. The van der Waals surface area contributed by atoms with Crippen molar-refractivity contribution in [1.82, 2.24) is 5.32 Å². The van der Waals surface area contributed by atoms with Gasteiger partial charge in [-0.15, -0.1) is 0 Å². The number of hydrogen-bond donors (Lipinski definition) is 1. The van der Waals surface area contributed by atoms with Crippen molar-refractivity contribution in [3.8, 4) is 0 Å². The van der Waals surface area contributed by atoms with Gasteiger partial charge in [-0.2, -0.15) is 0 Å². The van der Waals surface area contributed by atoms with E-state index in [0.29, 0.717) is 5.02 Å². The lowest BCUT2D eigenvalue weighted by Crippen LogP contribution is -2.31. The van der Waals surface area contributed by atoms with Crippen molar-refractivity contribution < 1.29 is 23.9 Å². The van der Waals surface area contributed by atoms with Crippen LogP contribution in [0.4, 0.5) is 0 Å². The Labute approximate surface area is 156 Å². The summed E-state index contributed by atoms with van der Waals surface area (Å²) in [6.07, 6.45) is 0. The summed E-state index contributed by atoms with van der Waals surface area (Å²) < 4.78 is 9.63. The van der Waals surface area contributed by atoms with Gasteiger partial charge in [-0.1, -0.05) is 35.9 Å². The maximum Gasteiger partial charge on any atom is 0.339 e. The van der Waals surface area contributed by atoms with E-state index in [2.05, 4.69) is 10.1 Å². The highest BCUT2D eigenvalue weighted by atomic mass is 35.5. The summed E-state index contributed by atoms with van der Waals surface area (Å²) in [5.41, 5.74) is 0.984. The fraction of sp³-hybridized carbons (Fsp3) is 0.211. The van der Waals surface area contributed by atoms with E-state index in [4.69, 9.17) is 16.3 Å². The molecule has 2 aromatic rings. The van der Waals surface area contributed by atoms with Gasteiger partial charge in [-0.05, 0) is 36.8 Å². The van der Waals surface area contributed by atoms with Crippen LogP contribution in [0.3, 0.4) is 0 Å². The molecule has 7 heteroatoms. The minimum atomic E-state index is -0.778. The number of halogens is 1. The fourth-order valence-electron chi connectivity index (χ4n) is 2.28. The Kier molecular flexibility index (Phi) is 6.74. The van der Waals surface area contributed by atoms with Crippen LogP contribution >= 0.6 is 11.6 Å².